The highest BCUT2D eigenvalue weighted by Crippen LogP contribution is 2.41. The van der Waals surface area contributed by atoms with Crippen LogP contribution in [-0.4, -0.2) is 30.9 Å². The predicted octanol–water partition coefficient (Wildman–Crippen LogP) is 4.41. The van der Waals surface area contributed by atoms with Crippen LogP contribution < -0.4 is 5.32 Å². The lowest BCUT2D eigenvalue weighted by Crippen LogP contribution is -2.23. The second-order valence-electron chi connectivity index (χ2n) is 7.22. The molecule has 0 bridgehead atoms. The molecule has 0 unspecified atom stereocenters. The van der Waals surface area contributed by atoms with Crippen molar-refractivity contribution in [2.24, 2.45) is 0 Å². The molecule has 1 aliphatic carbocycles. The molecule has 4 rings (SSSR count). The van der Waals surface area contributed by atoms with Crippen molar-refractivity contribution >= 4 is 23.4 Å². The van der Waals surface area contributed by atoms with Gasteiger partial charge >= 0.3 is 0 Å². The molecule has 1 amide bonds. The number of aromatic nitrogens is 4. The molecule has 28 heavy (non-hydrogen) atoms. The highest BCUT2D eigenvalue weighted by atomic mass is 32.2. The van der Waals surface area contributed by atoms with Gasteiger partial charge in [0, 0.05) is 29.7 Å². The Morgan fingerprint density at radius 2 is 2.07 bits per heavy atom. The van der Waals surface area contributed by atoms with Gasteiger partial charge in [-0.05, 0) is 57.4 Å². The number of carbonyl (C=O) groups is 1. The van der Waals surface area contributed by atoms with Crippen molar-refractivity contribution in [3.63, 3.8) is 0 Å². The third-order valence-electron chi connectivity index (χ3n) is 4.79. The molecule has 1 atom stereocenters. The standard InChI is InChI=1S/C21H23N5OS/c1-13-6-9-18(14(2)11-13)23-20(27)15(3)28-21-25-24-19(26(21)17-7-8-17)16-5-4-10-22-12-16/h4-6,9-12,15,17H,7-8H2,1-3H3,(H,23,27)/t15-/m0/s1. The maximum absolute atomic E-state index is 12.7. The predicted molar refractivity (Wildman–Crippen MR) is 111 cm³/mol. The summed E-state index contributed by atoms with van der Waals surface area (Å²) in [6.45, 7) is 5.95. The van der Waals surface area contributed by atoms with E-state index in [1.165, 1.54) is 17.3 Å². The van der Waals surface area contributed by atoms with Crippen LogP contribution in [0.2, 0.25) is 0 Å². The summed E-state index contributed by atoms with van der Waals surface area (Å²) in [6.07, 6.45) is 5.77. The van der Waals surface area contributed by atoms with Gasteiger partial charge in [0.1, 0.15) is 0 Å². The number of hydrogen-bond donors (Lipinski definition) is 1. The maximum atomic E-state index is 12.7. The van der Waals surface area contributed by atoms with Crippen molar-refractivity contribution in [2.75, 3.05) is 5.32 Å². The van der Waals surface area contributed by atoms with Gasteiger partial charge < -0.3 is 5.32 Å². The summed E-state index contributed by atoms with van der Waals surface area (Å²) in [5.41, 5.74) is 4.04. The Morgan fingerprint density at radius 1 is 1.25 bits per heavy atom. The number of rotatable bonds is 6. The van der Waals surface area contributed by atoms with Crippen LogP contribution in [0.25, 0.3) is 11.4 Å². The zero-order valence-corrected chi connectivity index (χ0v) is 17.0. The Kier molecular flexibility index (Phi) is 5.17. The highest BCUT2D eigenvalue weighted by molar-refractivity contribution is 8.00. The number of aryl methyl sites for hydroxylation is 2. The summed E-state index contributed by atoms with van der Waals surface area (Å²) in [6, 6.07) is 10.3. The second kappa shape index (κ2) is 7.75. The van der Waals surface area contributed by atoms with Crippen LogP contribution in [0.3, 0.4) is 0 Å². The number of carbonyl (C=O) groups excluding carboxylic acids is 1. The Balaban J connectivity index is 1.52. The average Bonchev–Trinajstić information content (AvgIpc) is 3.44. The van der Waals surface area contributed by atoms with Crippen molar-refractivity contribution in [3.8, 4) is 11.4 Å². The summed E-state index contributed by atoms with van der Waals surface area (Å²) in [4.78, 5) is 16.9. The third kappa shape index (κ3) is 3.94. The van der Waals surface area contributed by atoms with Crippen molar-refractivity contribution < 1.29 is 4.79 Å². The van der Waals surface area contributed by atoms with E-state index >= 15 is 0 Å². The fraction of sp³-hybridized carbons (Fsp3) is 0.333. The first-order chi connectivity index (χ1) is 13.5. The first kappa shape index (κ1) is 18.7. The number of anilines is 1. The minimum Gasteiger partial charge on any atom is -0.325 e. The lowest BCUT2D eigenvalue weighted by atomic mass is 10.1. The summed E-state index contributed by atoms with van der Waals surface area (Å²) in [5, 5.41) is 12.3. The molecule has 2 heterocycles. The molecular weight excluding hydrogens is 370 g/mol. The van der Waals surface area contributed by atoms with Gasteiger partial charge in [0.05, 0.1) is 5.25 Å². The normalized spacial score (nSPS) is 14.7. The Labute approximate surface area is 168 Å². The van der Waals surface area contributed by atoms with Gasteiger partial charge in [-0.3, -0.25) is 14.3 Å². The zero-order chi connectivity index (χ0) is 19.7. The summed E-state index contributed by atoms with van der Waals surface area (Å²) in [5.74, 6) is 0.783. The number of thioether (sulfide) groups is 1. The first-order valence-electron chi connectivity index (χ1n) is 9.43. The smallest absolute Gasteiger partial charge is 0.237 e. The molecule has 3 aromatic rings. The lowest BCUT2D eigenvalue weighted by molar-refractivity contribution is -0.115. The molecule has 0 aliphatic heterocycles. The molecular formula is C21H23N5OS. The molecule has 1 saturated carbocycles. The van der Waals surface area contributed by atoms with Crippen LogP contribution in [0.15, 0.2) is 47.9 Å². The largest absolute Gasteiger partial charge is 0.325 e. The highest BCUT2D eigenvalue weighted by Gasteiger charge is 2.31. The molecule has 1 aromatic carbocycles. The van der Waals surface area contributed by atoms with Gasteiger partial charge in [-0.1, -0.05) is 29.5 Å². The molecule has 0 spiro atoms. The monoisotopic (exact) mass is 393 g/mol. The fourth-order valence-electron chi connectivity index (χ4n) is 3.11. The summed E-state index contributed by atoms with van der Waals surface area (Å²) in [7, 11) is 0. The van der Waals surface area contributed by atoms with E-state index in [-0.39, 0.29) is 11.2 Å². The number of nitrogens with zero attached hydrogens (tertiary/aromatic N) is 4. The van der Waals surface area contributed by atoms with Gasteiger partial charge in [-0.15, -0.1) is 10.2 Å². The van der Waals surface area contributed by atoms with Gasteiger partial charge in [0.15, 0.2) is 11.0 Å². The fourth-order valence-corrected chi connectivity index (χ4v) is 4.03. The van der Waals surface area contributed by atoms with E-state index in [0.29, 0.717) is 6.04 Å². The SMILES string of the molecule is Cc1ccc(NC(=O)[C@H](C)Sc2nnc(-c3cccnc3)n2C2CC2)c(C)c1. The van der Waals surface area contributed by atoms with Gasteiger partial charge in [-0.25, -0.2) is 0 Å². The van der Waals surface area contributed by atoms with E-state index in [2.05, 4.69) is 31.1 Å². The number of hydrogen-bond acceptors (Lipinski definition) is 5. The van der Waals surface area contributed by atoms with E-state index in [0.717, 1.165) is 40.6 Å². The molecule has 1 fully saturated rings. The maximum Gasteiger partial charge on any atom is 0.237 e. The van der Waals surface area contributed by atoms with E-state index in [4.69, 9.17) is 0 Å². The average molecular weight is 394 g/mol. The molecule has 7 heteroatoms. The minimum absolute atomic E-state index is 0.0368. The van der Waals surface area contributed by atoms with Crippen LogP contribution in [-0.2, 0) is 4.79 Å². The third-order valence-corrected chi connectivity index (χ3v) is 5.84. The number of amides is 1. The quantitative estimate of drug-likeness (QED) is 0.628. The van der Waals surface area contributed by atoms with Gasteiger partial charge in [-0.2, -0.15) is 0 Å². The van der Waals surface area contributed by atoms with Gasteiger partial charge in [0.25, 0.3) is 0 Å². The van der Waals surface area contributed by atoms with Crippen LogP contribution >= 0.6 is 11.8 Å². The summed E-state index contributed by atoms with van der Waals surface area (Å²) >= 11 is 1.45. The second-order valence-corrected chi connectivity index (χ2v) is 8.52. The van der Waals surface area contributed by atoms with Crippen LogP contribution in [0.4, 0.5) is 5.69 Å². The van der Waals surface area contributed by atoms with E-state index in [9.17, 15) is 4.79 Å². The molecule has 1 aliphatic rings. The first-order valence-corrected chi connectivity index (χ1v) is 10.3. The molecule has 1 N–H and O–H groups in total. The van der Waals surface area contributed by atoms with Crippen molar-refractivity contribution in [3.05, 3.63) is 53.9 Å². The van der Waals surface area contributed by atoms with Crippen LogP contribution in [0.1, 0.15) is 36.9 Å². The number of pyridine rings is 1. The topological polar surface area (TPSA) is 72.7 Å². The van der Waals surface area contributed by atoms with Crippen molar-refractivity contribution in [1.82, 2.24) is 19.7 Å². The molecule has 6 nitrogen and oxygen atoms in total. The number of nitrogens with one attached hydrogen (secondary N) is 1. The van der Waals surface area contributed by atoms with Crippen LogP contribution in [0, 0.1) is 13.8 Å². The van der Waals surface area contributed by atoms with Crippen LogP contribution in [0.5, 0.6) is 0 Å². The Hall–Kier alpha value is -2.67. The molecule has 0 radical (unpaired) electrons. The molecule has 144 valence electrons. The number of benzene rings is 1. The Bertz CT molecular complexity index is 997. The summed E-state index contributed by atoms with van der Waals surface area (Å²) < 4.78 is 2.16. The van der Waals surface area contributed by atoms with E-state index in [1.807, 2.05) is 45.0 Å². The van der Waals surface area contributed by atoms with Crippen molar-refractivity contribution in [1.29, 1.82) is 0 Å². The van der Waals surface area contributed by atoms with E-state index < -0.39 is 0 Å². The molecule has 2 aromatic heterocycles. The molecule has 0 saturated heterocycles. The van der Waals surface area contributed by atoms with E-state index in [1.54, 1.807) is 12.4 Å². The Morgan fingerprint density at radius 3 is 2.75 bits per heavy atom. The van der Waals surface area contributed by atoms with Gasteiger partial charge in [0.2, 0.25) is 5.91 Å². The lowest BCUT2D eigenvalue weighted by Gasteiger charge is -2.14. The van der Waals surface area contributed by atoms with Crippen molar-refractivity contribution in [2.45, 2.75) is 50.1 Å². The zero-order valence-electron chi connectivity index (χ0n) is 16.2. The minimum atomic E-state index is -0.288.